The maximum absolute atomic E-state index is 12.1. The Morgan fingerprint density at radius 1 is 1.32 bits per heavy atom. The first-order chi connectivity index (χ1) is 8.95. The van der Waals surface area contributed by atoms with Crippen LogP contribution in [0.3, 0.4) is 0 Å². The number of fused-ring (bicyclic) bond motifs is 1. The number of carbonyl (C=O) groups excluding carboxylic acids is 2. The van der Waals surface area contributed by atoms with Crippen molar-refractivity contribution >= 4 is 33.4 Å². The molecule has 2 amide bonds. The number of benzene rings is 1. The summed E-state index contributed by atoms with van der Waals surface area (Å²) in [5.74, 6) is -0.726. The molecule has 1 heterocycles. The smallest absolute Gasteiger partial charge is 0.270 e. The zero-order valence-corrected chi connectivity index (χ0v) is 11.7. The van der Waals surface area contributed by atoms with Crippen molar-refractivity contribution in [2.24, 2.45) is 5.92 Å². The molecule has 7 heteroatoms. The van der Waals surface area contributed by atoms with Gasteiger partial charge in [-0.1, -0.05) is 22.9 Å². The molecule has 0 saturated carbocycles. The Morgan fingerprint density at radius 2 is 1.95 bits per heavy atom. The van der Waals surface area contributed by atoms with E-state index in [1.165, 1.54) is 12.1 Å². The number of carbonyl (C=O) groups is 2. The van der Waals surface area contributed by atoms with Gasteiger partial charge >= 0.3 is 0 Å². The lowest BCUT2D eigenvalue weighted by atomic mass is 10.1. The third-order valence-electron chi connectivity index (χ3n) is 2.92. The van der Waals surface area contributed by atoms with Crippen LogP contribution >= 0.6 is 15.9 Å². The molecule has 0 bridgehead atoms. The summed E-state index contributed by atoms with van der Waals surface area (Å²) in [6.07, 6.45) is 0. The molecule has 100 valence electrons. The molecule has 1 aliphatic heterocycles. The number of hydrogen-bond acceptors (Lipinski definition) is 4. The second-order valence-corrected chi connectivity index (χ2v) is 5.11. The van der Waals surface area contributed by atoms with Crippen molar-refractivity contribution in [3.8, 4) is 0 Å². The van der Waals surface area contributed by atoms with Crippen LogP contribution in [-0.2, 0) is 0 Å². The Kier molecular flexibility index (Phi) is 3.66. The standard InChI is InChI=1S/C12H11BrN2O4/c1-7(5-13)6-14-11(16)9-3-2-8(15(18)19)4-10(9)12(14)17/h2-4,7H,5-6H2,1H3. The Hall–Kier alpha value is -1.76. The minimum absolute atomic E-state index is 0.112. The van der Waals surface area contributed by atoms with Crippen LogP contribution in [0.15, 0.2) is 18.2 Å². The summed E-state index contributed by atoms with van der Waals surface area (Å²) in [5, 5.41) is 11.4. The van der Waals surface area contributed by atoms with Crippen LogP contribution in [0.4, 0.5) is 5.69 Å². The molecule has 0 aromatic heterocycles. The van der Waals surface area contributed by atoms with E-state index >= 15 is 0 Å². The Bertz CT molecular complexity index is 573. The van der Waals surface area contributed by atoms with Crippen molar-refractivity contribution in [1.29, 1.82) is 0 Å². The number of nitro groups is 1. The summed E-state index contributed by atoms with van der Waals surface area (Å²) in [4.78, 5) is 35.4. The summed E-state index contributed by atoms with van der Waals surface area (Å²) in [5.41, 5.74) is 0.161. The molecular weight excluding hydrogens is 316 g/mol. The van der Waals surface area contributed by atoms with Crippen molar-refractivity contribution < 1.29 is 14.5 Å². The van der Waals surface area contributed by atoms with Crippen LogP contribution in [0.25, 0.3) is 0 Å². The lowest BCUT2D eigenvalue weighted by molar-refractivity contribution is -0.384. The number of halogens is 1. The number of rotatable bonds is 4. The molecule has 1 aromatic rings. The van der Waals surface area contributed by atoms with Gasteiger partial charge < -0.3 is 0 Å². The summed E-state index contributed by atoms with van der Waals surface area (Å²) < 4.78 is 0. The van der Waals surface area contributed by atoms with E-state index in [9.17, 15) is 19.7 Å². The molecule has 1 unspecified atom stereocenters. The maximum atomic E-state index is 12.1. The molecule has 6 nitrogen and oxygen atoms in total. The molecule has 0 fully saturated rings. The van der Waals surface area contributed by atoms with Gasteiger partial charge in [-0.15, -0.1) is 0 Å². The van der Waals surface area contributed by atoms with Crippen molar-refractivity contribution in [2.75, 3.05) is 11.9 Å². The Labute approximate surface area is 117 Å². The molecule has 0 aliphatic carbocycles. The number of hydrogen-bond donors (Lipinski definition) is 0. The average molecular weight is 327 g/mol. The van der Waals surface area contributed by atoms with E-state index in [4.69, 9.17) is 0 Å². The summed E-state index contributed by atoms with van der Waals surface area (Å²) >= 11 is 3.29. The molecule has 0 spiro atoms. The molecule has 1 aromatic carbocycles. The molecular formula is C12H11BrN2O4. The number of amides is 2. The SMILES string of the molecule is CC(CBr)CN1C(=O)c2ccc([N+](=O)[O-])cc2C1=O. The van der Waals surface area contributed by atoms with Crippen LogP contribution in [0, 0.1) is 16.0 Å². The molecule has 19 heavy (non-hydrogen) atoms. The minimum Gasteiger partial charge on any atom is -0.274 e. The molecule has 1 aliphatic rings. The number of nitrogens with zero attached hydrogens (tertiary/aromatic N) is 2. The van der Waals surface area contributed by atoms with E-state index in [2.05, 4.69) is 15.9 Å². The van der Waals surface area contributed by atoms with Gasteiger partial charge in [0.2, 0.25) is 0 Å². The first kappa shape index (κ1) is 13.7. The van der Waals surface area contributed by atoms with E-state index in [0.717, 1.165) is 11.0 Å². The Balaban J connectivity index is 2.36. The average Bonchev–Trinajstić information content (AvgIpc) is 2.63. The third-order valence-corrected chi connectivity index (χ3v) is 4.03. The van der Waals surface area contributed by atoms with Gasteiger partial charge in [-0.2, -0.15) is 0 Å². The van der Waals surface area contributed by atoms with Crippen LogP contribution < -0.4 is 0 Å². The maximum Gasteiger partial charge on any atom is 0.270 e. The Morgan fingerprint density at radius 3 is 2.53 bits per heavy atom. The predicted molar refractivity (Wildman–Crippen MR) is 71.4 cm³/mol. The van der Waals surface area contributed by atoms with Gasteiger partial charge in [0.05, 0.1) is 16.1 Å². The van der Waals surface area contributed by atoms with Gasteiger partial charge in [-0.3, -0.25) is 24.6 Å². The second kappa shape index (κ2) is 5.08. The van der Waals surface area contributed by atoms with Crippen molar-refractivity contribution in [3.05, 3.63) is 39.4 Å². The summed E-state index contributed by atoms with van der Waals surface area (Å²) in [6, 6.07) is 3.74. The van der Waals surface area contributed by atoms with Crippen LogP contribution in [-0.4, -0.2) is 33.5 Å². The highest BCUT2D eigenvalue weighted by molar-refractivity contribution is 9.09. The first-order valence-corrected chi connectivity index (χ1v) is 6.78. The molecule has 0 N–H and O–H groups in total. The first-order valence-electron chi connectivity index (χ1n) is 5.66. The zero-order chi connectivity index (χ0) is 14.2. The highest BCUT2D eigenvalue weighted by Crippen LogP contribution is 2.27. The third kappa shape index (κ3) is 2.37. The lowest BCUT2D eigenvalue weighted by Gasteiger charge is -2.17. The quantitative estimate of drug-likeness (QED) is 0.367. The highest BCUT2D eigenvalue weighted by atomic mass is 79.9. The largest absolute Gasteiger partial charge is 0.274 e. The topological polar surface area (TPSA) is 80.5 Å². The van der Waals surface area contributed by atoms with E-state index in [1.54, 1.807) is 0 Å². The normalized spacial score (nSPS) is 15.6. The molecule has 0 saturated heterocycles. The highest BCUT2D eigenvalue weighted by Gasteiger charge is 2.37. The van der Waals surface area contributed by atoms with Crippen LogP contribution in [0.2, 0.25) is 0 Å². The van der Waals surface area contributed by atoms with E-state index in [-0.39, 0.29) is 28.6 Å². The number of imide groups is 1. The van der Waals surface area contributed by atoms with E-state index in [1.807, 2.05) is 6.92 Å². The van der Waals surface area contributed by atoms with Crippen molar-refractivity contribution in [1.82, 2.24) is 4.90 Å². The molecule has 1 atom stereocenters. The van der Waals surface area contributed by atoms with Gasteiger partial charge in [0, 0.05) is 24.0 Å². The van der Waals surface area contributed by atoms with E-state index in [0.29, 0.717) is 11.9 Å². The zero-order valence-electron chi connectivity index (χ0n) is 10.1. The van der Waals surface area contributed by atoms with Crippen LogP contribution in [0.5, 0.6) is 0 Å². The van der Waals surface area contributed by atoms with Gasteiger partial charge in [0.25, 0.3) is 17.5 Å². The molecule has 2 rings (SSSR count). The van der Waals surface area contributed by atoms with Crippen molar-refractivity contribution in [2.45, 2.75) is 6.92 Å². The monoisotopic (exact) mass is 326 g/mol. The van der Waals surface area contributed by atoms with E-state index < -0.39 is 10.8 Å². The lowest BCUT2D eigenvalue weighted by Crippen LogP contribution is -2.34. The molecule has 0 radical (unpaired) electrons. The number of non-ortho nitro benzene ring substituents is 1. The van der Waals surface area contributed by atoms with Gasteiger partial charge in [-0.25, -0.2) is 0 Å². The summed E-state index contributed by atoms with van der Waals surface area (Å²) in [7, 11) is 0. The fourth-order valence-corrected chi connectivity index (χ4v) is 2.12. The summed E-state index contributed by atoms with van der Waals surface area (Å²) in [6.45, 7) is 2.20. The second-order valence-electron chi connectivity index (χ2n) is 4.47. The predicted octanol–water partition coefficient (Wildman–Crippen LogP) is 2.22. The number of nitro benzene ring substituents is 1. The minimum atomic E-state index is -0.582. The number of alkyl halides is 1. The van der Waals surface area contributed by atoms with Crippen LogP contribution in [0.1, 0.15) is 27.6 Å². The van der Waals surface area contributed by atoms with Gasteiger partial charge in [0.15, 0.2) is 0 Å². The van der Waals surface area contributed by atoms with Gasteiger partial charge in [-0.05, 0) is 12.0 Å². The fourth-order valence-electron chi connectivity index (χ4n) is 1.92. The van der Waals surface area contributed by atoms with Crippen molar-refractivity contribution in [3.63, 3.8) is 0 Å². The fraction of sp³-hybridized carbons (Fsp3) is 0.333. The van der Waals surface area contributed by atoms with Gasteiger partial charge in [0.1, 0.15) is 0 Å².